The molecule has 0 bridgehead atoms. The van der Waals surface area contributed by atoms with Gasteiger partial charge in [-0.1, -0.05) is 48.5 Å². The fourth-order valence-electron chi connectivity index (χ4n) is 3.75. The maximum absolute atomic E-state index is 12.6. The van der Waals surface area contributed by atoms with Gasteiger partial charge in [0, 0.05) is 24.5 Å². The van der Waals surface area contributed by atoms with Crippen molar-refractivity contribution < 1.29 is 14.3 Å². The second kappa shape index (κ2) is 10.5. The molecular formula is C28H27N3O3. The van der Waals surface area contributed by atoms with Crippen molar-refractivity contribution in [3.05, 3.63) is 119 Å². The first kappa shape index (κ1) is 22.9. The lowest BCUT2D eigenvalue weighted by Gasteiger charge is -2.07. The number of benzene rings is 3. The van der Waals surface area contributed by atoms with E-state index in [1.54, 1.807) is 13.0 Å². The van der Waals surface area contributed by atoms with Gasteiger partial charge >= 0.3 is 5.97 Å². The molecule has 0 saturated carbocycles. The van der Waals surface area contributed by atoms with Crippen LogP contribution in [-0.4, -0.2) is 23.0 Å². The van der Waals surface area contributed by atoms with Crippen LogP contribution in [0.3, 0.4) is 0 Å². The molecule has 6 heteroatoms. The van der Waals surface area contributed by atoms with Crippen molar-refractivity contribution in [1.82, 2.24) is 4.57 Å². The first-order valence-corrected chi connectivity index (χ1v) is 11.1. The fraction of sp³-hybridized carbons (Fsp3) is 0.143. The van der Waals surface area contributed by atoms with Crippen molar-refractivity contribution in [2.45, 2.75) is 19.9 Å². The van der Waals surface area contributed by atoms with Gasteiger partial charge in [-0.2, -0.15) is 0 Å². The van der Waals surface area contributed by atoms with E-state index in [0.29, 0.717) is 30.7 Å². The molecule has 0 aliphatic rings. The van der Waals surface area contributed by atoms with Gasteiger partial charge in [-0.05, 0) is 60.4 Å². The molecule has 3 N–H and O–H groups in total. The van der Waals surface area contributed by atoms with E-state index in [1.807, 2.05) is 89.8 Å². The van der Waals surface area contributed by atoms with E-state index in [4.69, 9.17) is 20.6 Å². The van der Waals surface area contributed by atoms with E-state index < -0.39 is 0 Å². The number of aromatic nitrogens is 1. The largest absolute Gasteiger partial charge is 0.462 e. The molecule has 0 spiro atoms. The Labute approximate surface area is 199 Å². The van der Waals surface area contributed by atoms with Gasteiger partial charge < -0.3 is 19.8 Å². The molecular weight excluding hydrogens is 426 g/mol. The lowest BCUT2D eigenvalue weighted by Crippen LogP contribution is -2.11. The Morgan fingerprint density at radius 1 is 0.912 bits per heavy atom. The van der Waals surface area contributed by atoms with Crippen molar-refractivity contribution in [3.8, 4) is 11.5 Å². The molecule has 0 amide bonds. The number of rotatable bonds is 9. The average molecular weight is 454 g/mol. The van der Waals surface area contributed by atoms with Crippen LogP contribution in [0.4, 0.5) is 0 Å². The summed E-state index contributed by atoms with van der Waals surface area (Å²) in [4.78, 5) is 12.6. The average Bonchev–Trinajstić information content (AvgIpc) is 3.23. The SMILES string of the molecule is CCOC(=O)c1cn(Cc2ccc(Oc3ccccc3)cc2)cc1Cc1cccc(C(=N)N)c1. The first-order chi connectivity index (χ1) is 16.5. The molecule has 1 heterocycles. The monoisotopic (exact) mass is 453 g/mol. The number of carbonyl (C=O) groups excluding carboxylic acids is 1. The molecule has 0 unspecified atom stereocenters. The van der Waals surface area contributed by atoms with Crippen molar-refractivity contribution in [2.24, 2.45) is 5.73 Å². The number of para-hydroxylation sites is 1. The maximum Gasteiger partial charge on any atom is 0.339 e. The van der Waals surface area contributed by atoms with E-state index in [-0.39, 0.29) is 11.8 Å². The molecule has 1 aromatic heterocycles. The predicted molar refractivity (Wildman–Crippen MR) is 133 cm³/mol. The van der Waals surface area contributed by atoms with Crippen molar-refractivity contribution in [1.29, 1.82) is 5.41 Å². The molecule has 34 heavy (non-hydrogen) atoms. The fourth-order valence-corrected chi connectivity index (χ4v) is 3.75. The molecule has 0 aliphatic carbocycles. The number of hydrogen-bond donors (Lipinski definition) is 2. The highest BCUT2D eigenvalue weighted by Crippen LogP contribution is 2.23. The van der Waals surface area contributed by atoms with E-state index in [0.717, 1.165) is 28.2 Å². The molecule has 4 aromatic rings. The quantitative estimate of drug-likeness (QED) is 0.202. The number of carbonyl (C=O) groups is 1. The van der Waals surface area contributed by atoms with E-state index in [2.05, 4.69) is 0 Å². The molecule has 0 saturated heterocycles. The third kappa shape index (κ3) is 5.72. The molecule has 0 radical (unpaired) electrons. The zero-order chi connectivity index (χ0) is 23.9. The number of hydrogen-bond acceptors (Lipinski definition) is 4. The third-order valence-corrected chi connectivity index (χ3v) is 5.36. The zero-order valence-corrected chi connectivity index (χ0v) is 19.0. The van der Waals surface area contributed by atoms with Crippen LogP contribution < -0.4 is 10.5 Å². The van der Waals surface area contributed by atoms with Crippen LogP contribution in [-0.2, 0) is 17.7 Å². The minimum atomic E-state index is -0.342. The highest BCUT2D eigenvalue weighted by molar-refractivity contribution is 5.95. The van der Waals surface area contributed by atoms with Crippen molar-refractivity contribution >= 4 is 11.8 Å². The van der Waals surface area contributed by atoms with Gasteiger partial charge in [-0.15, -0.1) is 0 Å². The highest BCUT2D eigenvalue weighted by Gasteiger charge is 2.17. The van der Waals surface area contributed by atoms with Crippen LogP contribution in [0.1, 0.15) is 39.5 Å². The van der Waals surface area contributed by atoms with Gasteiger partial charge in [0.2, 0.25) is 0 Å². The van der Waals surface area contributed by atoms with Crippen LogP contribution in [0.15, 0.2) is 91.3 Å². The molecule has 0 fully saturated rings. The normalized spacial score (nSPS) is 10.6. The Balaban J connectivity index is 1.53. The lowest BCUT2D eigenvalue weighted by molar-refractivity contribution is 0.0525. The lowest BCUT2D eigenvalue weighted by atomic mass is 10.0. The number of nitrogens with one attached hydrogen (secondary N) is 1. The van der Waals surface area contributed by atoms with Crippen molar-refractivity contribution in [3.63, 3.8) is 0 Å². The standard InChI is InChI=1S/C28H27N3O3/c1-2-33-28(32)26-19-31(18-23(26)16-21-7-6-8-22(15-21)27(29)30)17-20-11-13-25(14-12-20)34-24-9-4-3-5-10-24/h3-15,18-19H,2,16-17H2,1H3,(H3,29,30). The minimum Gasteiger partial charge on any atom is -0.462 e. The number of nitrogens with zero attached hydrogens (tertiary/aromatic N) is 1. The van der Waals surface area contributed by atoms with E-state index >= 15 is 0 Å². The Hall–Kier alpha value is -4.32. The molecule has 0 aliphatic heterocycles. The summed E-state index contributed by atoms with van der Waals surface area (Å²) in [6, 6.07) is 25.1. The molecule has 3 aromatic carbocycles. The summed E-state index contributed by atoms with van der Waals surface area (Å²) in [6.07, 6.45) is 4.34. The Kier molecular flexibility index (Phi) is 7.08. The third-order valence-electron chi connectivity index (χ3n) is 5.36. The van der Waals surface area contributed by atoms with Gasteiger partial charge in [0.05, 0.1) is 12.2 Å². The molecule has 0 atom stereocenters. The number of esters is 1. The first-order valence-electron chi connectivity index (χ1n) is 11.1. The molecule has 172 valence electrons. The summed E-state index contributed by atoms with van der Waals surface area (Å²) < 4.78 is 13.1. The Morgan fingerprint density at radius 3 is 2.35 bits per heavy atom. The minimum absolute atomic E-state index is 0.0183. The summed E-state index contributed by atoms with van der Waals surface area (Å²) >= 11 is 0. The number of amidine groups is 1. The second-order valence-corrected chi connectivity index (χ2v) is 7.94. The van der Waals surface area contributed by atoms with Gasteiger partial charge in [0.15, 0.2) is 0 Å². The Bertz CT molecular complexity index is 1280. The molecule has 6 nitrogen and oxygen atoms in total. The summed E-state index contributed by atoms with van der Waals surface area (Å²) in [5.74, 6) is 1.23. The van der Waals surface area contributed by atoms with Crippen LogP contribution >= 0.6 is 0 Å². The highest BCUT2D eigenvalue weighted by atomic mass is 16.5. The zero-order valence-electron chi connectivity index (χ0n) is 19.0. The van der Waals surface area contributed by atoms with Gasteiger partial charge in [0.25, 0.3) is 0 Å². The van der Waals surface area contributed by atoms with Crippen LogP contribution in [0.2, 0.25) is 0 Å². The van der Waals surface area contributed by atoms with Crippen molar-refractivity contribution in [2.75, 3.05) is 6.61 Å². The summed E-state index contributed by atoms with van der Waals surface area (Å²) in [7, 11) is 0. The van der Waals surface area contributed by atoms with Crippen LogP contribution in [0.5, 0.6) is 11.5 Å². The van der Waals surface area contributed by atoms with E-state index in [1.165, 1.54) is 0 Å². The van der Waals surface area contributed by atoms with Gasteiger partial charge in [-0.3, -0.25) is 5.41 Å². The maximum atomic E-state index is 12.6. The summed E-state index contributed by atoms with van der Waals surface area (Å²) in [6.45, 7) is 2.71. The van der Waals surface area contributed by atoms with Gasteiger partial charge in [-0.25, -0.2) is 4.79 Å². The second-order valence-electron chi connectivity index (χ2n) is 7.94. The Morgan fingerprint density at radius 2 is 1.65 bits per heavy atom. The summed E-state index contributed by atoms with van der Waals surface area (Å²) in [5, 5.41) is 7.67. The smallest absolute Gasteiger partial charge is 0.339 e. The van der Waals surface area contributed by atoms with E-state index in [9.17, 15) is 4.79 Å². The number of nitrogen functional groups attached to an aromatic ring is 1. The molecule has 4 rings (SSSR count). The summed E-state index contributed by atoms with van der Waals surface area (Å²) in [5.41, 5.74) is 9.75. The van der Waals surface area contributed by atoms with Gasteiger partial charge in [0.1, 0.15) is 17.3 Å². The number of ether oxygens (including phenoxy) is 2. The van der Waals surface area contributed by atoms with Crippen LogP contribution in [0, 0.1) is 5.41 Å². The van der Waals surface area contributed by atoms with Crippen LogP contribution in [0.25, 0.3) is 0 Å². The predicted octanol–water partition coefficient (Wildman–Crippen LogP) is 5.38. The topological polar surface area (TPSA) is 90.3 Å². The number of nitrogens with two attached hydrogens (primary N) is 1.